The molecule has 0 spiro atoms. The van der Waals surface area contributed by atoms with Crippen LogP contribution in [0.1, 0.15) is 68.7 Å². The third-order valence-electron chi connectivity index (χ3n) is 3.52. The Balaban J connectivity index is 2.05. The van der Waals surface area contributed by atoms with E-state index in [0.29, 0.717) is 0 Å². The van der Waals surface area contributed by atoms with Crippen LogP contribution in [0, 0.1) is 0 Å². The van der Waals surface area contributed by atoms with Crippen LogP contribution >= 0.6 is 0 Å². The molecule has 15 heavy (non-hydrogen) atoms. The molecule has 1 aliphatic rings. The minimum Gasteiger partial charge on any atom is -0.467 e. The van der Waals surface area contributed by atoms with Crippen LogP contribution in [-0.2, 0) is 0 Å². The molecule has 0 aliphatic heterocycles. The highest BCUT2D eigenvalue weighted by Gasteiger charge is 2.18. The lowest BCUT2D eigenvalue weighted by Crippen LogP contribution is -2.07. The fourth-order valence-electron chi connectivity index (χ4n) is 2.41. The minimum atomic E-state index is 0.0716. The lowest BCUT2D eigenvalue weighted by molar-refractivity contribution is 0.433. The minimum absolute atomic E-state index is 0.0716. The smallest absolute Gasteiger partial charge is 0.120 e. The van der Waals surface area contributed by atoms with Gasteiger partial charge < -0.3 is 10.2 Å². The Labute approximate surface area is 91.8 Å². The average molecular weight is 207 g/mol. The monoisotopic (exact) mass is 207 g/mol. The summed E-state index contributed by atoms with van der Waals surface area (Å²) in [5, 5.41) is 0. The molecule has 1 saturated carbocycles. The van der Waals surface area contributed by atoms with Gasteiger partial charge in [0.15, 0.2) is 0 Å². The summed E-state index contributed by atoms with van der Waals surface area (Å²) in [5.41, 5.74) is 7.31. The van der Waals surface area contributed by atoms with E-state index in [-0.39, 0.29) is 6.04 Å². The van der Waals surface area contributed by atoms with Gasteiger partial charge in [-0.25, -0.2) is 0 Å². The second-order valence-electron chi connectivity index (χ2n) is 4.63. The number of hydrogen-bond donors (Lipinski definition) is 1. The Morgan fingerprint density at radius 3 is 2.80 bits per heavy atom. The lowest BCUT2D eigenvalue weighted by Gasteiger charge is -2.19. The number of nitrogens with two attached hydrogens (primary N) is 1. The van der Waals surface area contributed by atoms with Gasteiger partial charge >= 0.3 is 0 Å². The Morgan fingerprint density at radius 2 is 2.13 bits per heavy atom. The molecule has 2 rings (SSSR count). The first-order chi connectivity index (χ1) is 7.31. The molecule has 0 bridgehead atoms. The van der Waals surface area contributed by atoms with Crippen LogP contribution in [-0.4, -0.2) is 0 Å². The zero-order chi connectivity index (χ0) is 10.7. The second-order valence-corrected chi connectivity index (χ2v) is 4.63. The average Bonchev–Trinajstić information content (AvgIpc) is 2.78. The van der Waals surface area contributed by atoms with Gasteiger partial charge in [-0.2, -0.15) is 0 Å². The molecular weight excluding hydrogens is 186 g/mol. The van der Waals surface area contributed by atoms with E-state index in [1.54, 1.807) is 0 Å². The van der Waals surface area contributed by atoms with Gasteiger partial charge in [0.1, 0.15) is 5.76 Å². The van der Waals surface area contributed by atoms with Crippen molar-refractivity contribution in [1.82, 2.24) is 0 Å². The van der Waals surface area contributed by atoms with Crippen LogP contribution in [0.25, 0.3) is 0 Å². The van der Waals surface area contributed by atoms with Crippen molar-refractivity contribution in [3.8, 4) is 0 Å². The fourth-order valence-corrected chi connectivity index (χ4v) is 2.41. The van der Waals surface area contributed by atoms with Crippen LogP contribution in [0.15, 0.2) is 16.7 Å². The summed E-state index contributed by atoms with van der Waals surface area (Å²) in [6, 6.07) is 2.24. The predicted molar refractivity (Wildman–Crippen MR) is 61.8 cm³/mol. The quantitative estimate of drug-likeness (QED) is 0.820. The van der Waals surface area contributed by atoms with Crippen LogP contribution in [0.5, 0.6) is 0 Å². The van der Waals surface area contributed by atoms with Gasteiger partial charge in [-0.15, -0.1) is 0 Å². The van der Waals surface area contributed by atoms with Crippen LogP contribution in [0.2, 0.25) is 0 Å². The van der Waals surface area contributed by atoms with Crippen molar-refractivity contribution in [1.29, 1.82) is 0 Å². The van der Waals surface area contributed by atoms with Gasteiger partial charge in [0.2, 0.25) is 0 Å². The summed E-state index contributed by atoms with van der Waals surface area (Å²) in [4.78, 5) is 0. The van der Waals surface area contributed by atoms with Crippen molar-refractivity contribution < 1.29 is 4.42 Å². The summed E-state index contributed by atoms with van der Waals surface area (Å²) >= 11 is 0. The molecule has 0 saturated heterocycles. The highest BCUT2D eigenvalue weighted by Crippen LogP contribution is 2.34. The normalized spacial score (nSPS) is 20.4. The van der Waals surface area contributed by atoms with Gasteiger partial charge in [-0.05, 0) is 36.8 Å². The summed E-state index contributed by atoms with van der Waals surface area (Å²) in [6.07, 6.45) is 9.63. The molecule has 1 heterocycles. The SMILES string of the molecule is CCC(N)c1cc(C2CCCCC2)co1. The summed E-state index contributed by atoms with van der Waals surface area (Å²) < 4.78 is 5.55. The van der Waals surface area contributed by atoms with Crippen molar-refractivity contribution >= 4 is 0 Å². The third-order valence-corrected chi connectivity index (χ3v) is 3.52. The summed E-state index contributed by atoms with van der Waals surface area (Å²) in [7, 11) is 0. The van der Waals surface area contributed by atoms with Crippen LogP contribution < -0.4 is 5.73 Å². The highest BCUT2D eigenvalue weighted by atomic mass is 16.3. The van der Waals surface area contributed by atoms with Gasteiger partial charge in [0, 0.05) is 0 Å². The first-order valence-electron chi connectivity index (χ1n) is 6.15. The maximum Gasteiger partial charge on any atom is 0.120 e. The molecule has 1 aromatic heterocycles. The standard InChI is InChI=1S/C13H21NO/c1-2-12(14)13-8-11(9-15-13)10-6-4-3-5-7-10/h8-10,12H,2-7,14H2,1H3. The molecule has 84 valence electrons. The third kappa shape index (κ3) is 2.43. The van der Waals surface area contributed by atoms with E-state index in [4.69, 9.17) is 10.2 Å². The van der Waals surface area contributed by atoms with E-state index in [1.807, 2.05) is 6.26 Å². The molecule has 1 aromatic rings. The topological polar surface area (TPSA) is 39.2 Å². The molecule has 1 unspecified atom stereocenters. The van der Waals surface area contributed by atoms with Crippen molar-refractivity contribution in [2.45, 2.75) is 57.4 Å². The molecule has 2 nitrogen and oxygen atoms in total. The lowest BCUT2D eigenvalue weighted by atomic mass is 9.85. The van der Waals surface area contributed by atoms with Crippen LogP contribution in [0.4, 0.5) is 0 Å². The molecule has 2 N–H and O–H groups in total. The first-order valence-corrected chi connectivity index (χ1v) is 6.15. The summed E-state index contributed by atoms with van der Waals surface area (Å²) in [6.45, 7) is 2.09. The van der Waals surface area contributed by atoms with Crippen molar-refractivity contribution in [2.24, 2.45) is 5.73 Å². The Kier molecular flexibility index (Phi) is 3.47. The Hall–Kier alpha value is -0.760. The molecule has 0 amide bonds. The van der Waals surface area contributed by atoms with Gasteiger partial charge in [-0.3, -0.25) is 0 Å². The van der Waals surface area contributed by atoms with Crippen LogP contribution in [0.3, 0.4) is 0 Å². The maximum atomic E-state index is 5.94. The Morgan fingerprint density at radius 1 is 1.40 bits per heavy atom. The van der Waals surface area contributed by atoms with E-state index in [9.17, 15) is 0 Å². The van der Waals surface area contributed by atoms with E-state index in [0.717, 1.165) is 18.1 Å². The predicted octanol–water partition coefficient (Wildman–Crippen LogP) is 3.74. The molecule has 2 heteroatoms. The molecular formula is C13H21NO. The zero-order valence-electron chi connectivity index (χ0n) is 9.54. The van der Waals surface area contributed by atoms with Gasteiger partial charge in [0.25, 0.3) is 0 Å². The number of furan rings is 1. The van der Waals surface area contributed by atoms with Crippen molar-refractivity contribution in [2.75, 3.05) is 0 Å². The van der Waals surface area contributed by atoms with Crippen molar-refractivity contribution in [3.05, 3.63) is 23.7 Å². The van der Waals surface area contributed by atoms with E-state index in [2.05, 4.69) is 13.0 Å². The molecule has 1 atom stereocenters. The van der Waals surface area contributed by atoms with E-state index >= 15 is 0 Å². The fraction of sp³-hybridized carbons (Fsp3) is 0.692. The largest absolute Gasteiger partial charge is 0.467 e. The first kappa shape index (κ1) is 10.7. The maximum absolute atomic E-state index is 5.94. The molecule has 1 aliphatic carbocycles. The molecule has 0 radical (unpaired) electrons. The molecule has 1 fully saturated rings. The van der Waals surface area contributed by atoms with E-state index < -0.39 is 0 Å². The second kappa shape index (κ2) is 4.84. The number of hydrogen-bond acceptors (Lipinski definition) is 2. The van der Waals surface area contributed by atoms with Gasteiger partial charge in [-0.1, -0.05) is 26.2 Å². The number of rotatable bonds is 3. The van der Waals surface area contributed by atoms with Crippen molar-refractivity contribution in [3.63, 3.8) is 0 Å². The molecule has 0 aromatic carbocycles. The van der Waals surface area contributed by atoms with Gasteiger partial charge in [0.05, 0.1) is 12.3 Å². The zero-order valence-corrected chi connectivity index (χ0v) is 9.54. The van der Waals surface area contributed by atoms with E-state index in [1.165, 1.54) is 37.7 Å². The summed E-state index contributed by atoms with van der Waals surface area (Å²) in [5.74, 6) is 1.68. The Bertz CT molecular complexity index is 299. The highest BCUT2D eigenvalue weighted by molar-refractivity contribution is 5.20.